The van der Waals surface area contributed by atoms with Crippen molar-refractivity contribution in [1.82, 2.24) is 10.9 Å². The largest absolute Gasteiger partial charge is 0.331 e. The fourth-order valence-corrected chi connectivity index (χ4v) is 2.27. The van der Waals surface area contributed by atoms with Crippen LogP contribution < -0.4 is 21.5 Å². The van der Waals surface area contributed by atoms with Gasteiger partial charge in [0.05, 0.1) is 0 Å². The Hall–Kier alpha value is -2.25. The molecule has 0 atom stereocenters. The van der Waals surface area contributed by atoms with Gasteiger partial charge < -0.3 is 10.6 Å². The molecule has 0 saturated carbocycles. The monoisotopic (exact) mass is 362 g/mol. The van der Waals surface area contributed by atoms with Crippen LogP contribution in [-0.4, -0.2) is 10.2 Å². The summed E-state index contributed by atoms with van der Waals surface area (Å²) in [5.74, 6) is -0.289. The highest BCUT2D eigenvalue weighted by Gasteiger charge is 2.03. The van der Waals surface area contributed by atoms with Crippen molar-refractivity contribution in [3.05, 3.63) is 58.9 Å². The van der Waals surface area contributed by atoms with E-state index in [4.69, 9.17) is 24.4 Å². The van der Waals surface area contributed by atoms with Crippen molar-refractivity contribution in [2.45, 2.75) is 20.8 Å². The highest BCUT2D eigenvalue weighted by molar-refractivity contribution is 7.81. The fraction of sp³-hybridized carbons (Fsp3) is 0.176. The molecule has 126 valence electrons. The molecule has 0 fully saturated rings. The van der Waals surface area contributed by atoms with Crippen LogP contribution in [0.15, 0.2) is 36.4 Å². The van der Waals surface area contributed by atoms with Crippen molar-refractivity contribution in [2.75, 3.05) is 10.6 Å². The molecule has 0 spiro atoms. The van der Waals surface area contributed by atoms with Gasteiger partial charge in [0.25, 0.3) is 0 Å². The normalized spacial score (nSPS) is 10.0. The van der Waals surface area contributed by atoms with Crippen molar-refractivity contribution >= 4 is 46.0 Å². The molecule has 0 aliphatic heterocycles. The number of hydrogen-bond donors (Lipinski definition) is 4. The van der Waals surface area contributed by atoms with Crippen LogP contribution in [0.3, 0.4) is 0 Å². The first-order chi connectivity index (χ1) is 11.3. The Kier molecular flexibility index (Phi) is 6.05. The van der Waals surface area contributed by atoms with Crippen LogP contribution >= 0.6 is 24.4 Å². The van der Waals surface area contributed by atoms with Crippen LogP contribution in [0.4, 0.5) is 15.8 Å². The molecule has 4 N–H and O–H groups in total. The van der Waals surface area contributed by atoms with Gasteiger partial charge in [0, 0.05) is 11.4 Å². The molecule has 24 heavy (non-hydrogen) atoms. The lowest BCUT2D eigenvalue weighted by Crippen LogP contribution is -2.45. The SMILES string of the molecule is Cc1ccc(NC(=S)NNC(=S)Nc2ccc(C)c(F)c2)cc1C. The van der Waals surface area contributed by atoms with Crippen molar-refractivity contribution in [3.63, 3.8) is 0 Å². The topological polar surface area (TPSA) is 48.1 Å². The van der Waals surface area contributed by atoms with Crippen LogP contribution in [0.5, 0.6) is 0 Å². The predicted molar refractivity (Wildman–Crippen MR) is 106 cm³/mol. The number of hydrogen-bond acceptors (Lipinski definition) is 2. The number of benzene rings is 2. The summed E-state index contributed by atoms with van der Waals surface area (Å²) >= 11 is 10.3. The zero-order chi connectivity index (χ0) is 17.7. The summed E-state index contributed by atoms with van der Waals surface area (Å²) in [4.78, 5) is 0. The van der Waals surface area contributed by atoms with Gasteiger partial charge in [0.2, 0.25) is 0 Å². The molecule has 0 aromatic heterocycles. The van der Waals surface area contributed by atoms with Gasteiger partial charge in [-0.3, -0.25) is 10.9 Å². The number of aryl methyl sites for hydroxylation is 3. The Labute approximate surface area is 151 Å². The van der Waals surface area contributed by atoms with E-state index in [1.165, 1.54) is 17.2 Å². The van der Waals surface area contributed by atoms with Crippen molar-refractivity contribution < 1.29 is 4.39 Å². The first kappa shape index (κ1) is 18.1. The van der Waals surface area contributed by atoms with Gasteiger partial charge in [0.1, 0.15) is 5.82 Å². The maximum atomic E-state index is 13.5. The number of nitrogens with one attached hydrogen (secondary N) is 4. The second-order valence-electron chi connectivity index (χ2n) is 5.42. The van der Waals surface area contributed by atoms with Crippen molar-refractivity contribution in [3.8, 4) is 0 Å². The molecular formula is C17H19FN4S2. The molecular weight excluding hydrogens is 343 g/mol. The molecule has 0 saturated heterocycles. The summed E-state index contributed by atoms with van der Waals surface area (Å²) in [5.41, 5.74) is 9.96. The minimum atomic E-state index is -0.289. The molecule has 2 aromatic carbocycles. The zero-order valence-electron chi connectivity index (χ0n) is 13.7. The average molecular weight is 362 g/mol. The van der Waals surface area contributed by atoms with Crippen LogP contribution in [0, 0.1) is 26.6 Å². The summed E-state index contributed by atoms with van der Waals surface area (Å²) < 4.78 is 13.5. The molecule has 0 aliphatic rings. The summed E-state index contributed by atoms with van der Waals surface area (Å²) in [6, 6.07) is 10.8. The number of halogens is 1. The van der Waals surface area contributed by atoms with Gasteiger partial charge in [-0.1, -0.05) is 12.1 Å². The average Bonchev–Trinajstić information content (AvgIpc) is 2.53. The molecule has 0 radical (unpaired) electrons. The van der Waals surface area contributed by atoms with Crippen molar-refractivity contribution in [1.29, 1.82) is 0 Å². The van der Waals surface area contributed by atoms with E-state index >= 15 is 0 Å². The summed E-state index contributed by atoms with van der Waals surface area (Å²) in [6.45, 7) is 5.79. The van der Waals surface area contributed by atoms with Gasteiger partial charge >= 0.3 is 0 Å². The summed E-state index contributed by atoms with van der Waals surface area (Å²) in [5, 5.41) is 6.59. The molecule has 0 amide bonds. The molecule has 4 nitrogen and oxygen atoms in total. The highest BCUT2D eigenvalue weighted by Crippen LogP contribution is 2.14. The first-order valence-corrected chi connectivity index (χ1v) is 8.14. The summed E-state index contributed by atoms with van der Waals surface area (Å²) in [6.07, 6.45) is 0. The molecule has 0 unspecified atom stereocenters. The van der Waals surface area contributed by atoms with E-state index in [9.17, 15) is 4.39 Å². The van der Waals surface area contributed by atoms with Gasteiger partial charge in [-0.2, -0.15) is 0 Å². The van der Waals surface area contributed by atoms with Gasteiger partial charge in [-0.25, -0.2) is 4.39 Å². The molecule has 0 bridgehead atoms. The van der Waals surface area contributed by atoms with E-state index in [1.54, 1.807) is 19.1 Å². The Morgan fingerprint density at radius 3 is 1.75 bits per heavy atom. The third kappa shape index (κ3) is 5.14. The van der Waals surface area contributed by atoms with E-state index in [2.05, 4.69) is 28.4 Å². The number of hydrazine groups is 1. The fourth-order valence-electron chi connectivity index (χ4n) is 1.93. The smallest absolute Gasteiger partial charge is 0.189 e. The van der Waals surface area contributed by atoms with Crippen molar-refractivity contribution in [2.24, 2.45) is 0 Å². The lowest BCUT2D eigenvalue weighted by atomic mass is 10.1. The predicted octanol–water partition coefficient (Wildman–Crippen LogP) is 3.94. The Morgan fingerprint density at radius 2 is 1.25 bits per heavy atom. The molecule has 0 aliphatic carbocycles. The lowest BCUT2D eigenvalue weighted by Gasteiger charge is -2.15. The third-order valence-corrected chi connectivity index (χ3v) is 3.89. The number of rotatable bonds is 2. The van der Waals surface area contributed by atoms with E-state index in [0.717, 1.165) is 5.69 Å². The third-order valence-electron chi connectivity index (χ3n) is 3.48. The Bertz CT molecular complexity index is 712. The molecule has 2 aromatic rings. The first-order valence-electron chi connectivity index (χ1n) is 7.32. The van der Waals surface area contributed by atoms with Gasteiger partial charge in [-0.15, -0.1) is 0 Å². The van der Waals surface area contributed by atoms with E-state index in [1.807, 2.05) is 25.1 Å². The quantitative estimate of drug-likeness (QED) is 0.480. The van der Waals surface area contributed by atoms with E-state index < -0.39 is 0 Å². The maximum Gasteiger partial charge on any atom is 0.189 e. The second-order valence-corrected chi connectivity index (χ2v) is 6.24. The number of thiocarbonyl (C=S) groups is 2. The van der Waals surface area contributed by atoms with E-state index in [-0.39, 0.29) is 10.9 Å². The maximum absolute atomic E-state index is 13.5. The van der Waals surface area contributed by atoms with Crippen LogP contribution in [0.1, 0.15) is 16.7 Å². The minimum absolute atomic E-state index is 0.280. The minimum Gasteiger partial charge on any atom is -0.331 e. The van der Waals surface area contributed by atoms with Crippen LogP contribution in [0.2, 0.25) is 0 Å². The standard InChI is InChI=1S/C17H19FN4S2/c1-10-4-6-13(8-12(10)3)19-16(23)21-22-17(24)20-14-7-5-11(2)15(18)9-14/h4-9H,1-3H3,(H2,19,21,23)(H2,20,22,24). The molecule has 0 heterocycles. The molecule has 7 heteroatoms. The van der Waals surface area contributed by atoms with Gasteiger partial charge in [0.15, 0.2) is 10.2 Å². The number of anilines is 2. The molecule has 2 rings (SSSR count). The summed E-state index contributed by atoms with van der Waals surface area (Å²) in [7, 11) is 0. The van der Waals surface area contributed by atoms with E-state index in [0.29, 0.717) is 16.4 Å². The second kappa shape index (κ2) is 8.03. The van der Waals surface area contributed by atoms with Crippen LogP contribution in [-0.2, 0) is 0 Å². The Balaban J connectivity index is 1.83. The van der Waals surface area contributed by atoms with Crippen LogP contribution in [0.25, 0.3) is 0 Å². The lowest BCUT2D eigenvalue weighted by molar-refractivity contribution is 0.619. The van der Waals surface area contributed by atoms with Gasteiger partial charge in [-0.05, 0) is 86.2 Å². The zero-order valence-corrected chi connectivity index (χ0v) is 15.3. The highest BCUT2D eigenvalue weighted by atomic mass is 32.1. The Morgan fingerprint density at radius 1 is 0.750 bits per heavy atom.